The van der Waals surface area contributed by atoms with Crippen molar-refractivity contribution in [2.24, 2.45) is 5.92 Å². The van der Waals surface area contributed by atoms with Crippen LogP contribution in [-0.2, 0) is 11.3 Å². The molecule has 2 N–H and O–H groups in total. The van der Waals surface area contributed by atoms with Crippen molar-refractivity contribution < 1.29 is 9.59 Å². The summed E-state index contributed by atoms with van der Waals surface area (Å²) >= 11 is 0. The van der Waals surface area contributed by atoms with Crippen molar-refractivity contribution in [1.29, 1.82) is 0 Å². The topological polar surface area (TPSA) is 64.7 Å². The van der Waals surface area contributed by atoms with Gasteiger partial charge in [-0.05, 0) is 50.4 Å². The van der Waals surface area contributed by atoms with Crippen LogP contribution in [0.1, 0.15) is 40.4 Å². The lowest BCUT2D eigenvalue weighted by molar-refractivity contribution is -0.132. The first-order valence-corrected chi connectivity index (χ1v) is 12.5. The van der Waals surface area contributed by atoms with Gasteiger partial charge in [0.15, 0.2) is 5.78 Å². The van der Waals surface area contributed by atoms with Crippen LogP contribution in [0.25, 0.3) is 0 Å². The zero-order chi connectivity index (χ0) is 24.1. The van der Waals surface area contributed by atoms with Crippen LogP contribution in [0.15, 0.2) is 48.5 Å². The van der Waals surface area contributed by atoms with Gasteiger partial charge in [-0.2, -0.15) is 0 Å². The maximum atomic E-state index is 13.3. The van der Waals surface area contributed by atoms with Crippen molar-refractivity contribution >= 4 is 11.7 Å². The summed E-state index contributed by atoms with van der Waals surface area (Å²) in [7, 11) is 0. The van der Waals surface area contributed by atoms with Crippen LogP contribution in [0, 0.1) is 19.8 Å². The quantitative estimate of drug-likeness (QED) is 0.620. The maximum absolute atomic E-state index is 13.3. The van der Waals surface area contributed by atoms with Crippen LogP contribution in [-0.4, -0.2) is 72.8 Å². The number of likely N-dealkylation sites (tertiary alicyclic amines) is 1. The van der Waals surface area contributed by atoms with Gasteiger partial charge >= 0.3 is 0 Å². The fourth-order valence-corrected chi connectivity index (χ4v) is 5.39. The largest absolute Gasteiger partial charge is 0.329 e. The third-order valence-electron chi connectivity index (χ3n) is 7.13. The Labute approximate surface area is 203 Å². The van der Waals surface area contributed by atoms with Gasteiger partial charge in [-0.25, -0.2) is 0 Å². The van der Waals surface area contributed by atoms with E-state index in [0.717, 1.165) is 43.7 Å². The number of carbonyl (C=O) groups is 2. The van der Waals surface area contributed by atoms with Crippen LogP contribution in [0.5, 0.6) is 0 Å². The second-order valence-electron chi connectivity index (χ2n) is 10.0. The highest BCUT2D eigenvalue weighted by Crippen LogP contribution is 2.20. The van der Waals surface area contributed by atoms with E-state index < -0.39 is 6.04 Å². The minimum absolute atomic E-state index is 0.0168. The van der Waals surface area contributed by atoms with Crippen molar-refractivity contribution in [1.82, 2.24) is 20.4 Å². The predicted octanol–water partition coefficient (Wildman–Crippen LogP) is 2.79. The fraction of sp³-hybridized carbons (Fsp3) is 0.500. The average Bonchev–Trinajstić information content (AvgIpc) is 2.83. The molecule has 2 fully saturated rings. The Kier molecular flexibility index (Phi) is 8.14. The number of piperidine rings is 1. The van der Waals surface area contributed by atoms with Gasteiger partial charge in [0, 0.05) is 44.3 Å². The molecule has 34 heavy (non-hydrogen) atoms. The molecule has 2 heterocycles. The lowest BCUT2D eigenvalue weighted by Crippen LogP contribution is -2.59. The number of hydrogen-bond acceptors (Lipinski definition) is 5. The predicted molar refractivity (Wildman–Crippen MR) is 136 cm³/mol. The molecule has 0 bridgehead atoms. The summed E-state index contributed by atoms with van der Waals surface area (Å²) in [4.78, 5) is 30.8. The van der Waals surface area contributed by atoms with E-state index in [4.69, 9.17) is 0 Å². The number of ketones is 1. The number of hydrogen-bond donors (Lipinski definition) is 2. The van der Waals surface area contributed by atoms with E-state index >= 15 is 0 Å². The average molecular weight is 463 g/mol. The molecule has 6 heteroatoms. The fourth-order valence-electron chi connectivity index (χ4n) is 5.39. The summed E-state index contributed by atoms with van der Waals surface area (Å²) in [5.74, 6) is 0.499. The molecule has 0 saturated carbocycles. The smallest absolute Gasteiger partial charge is 0.237 e. The minimum Gasteiger partial charge on any atom is -0.329 e. The first-order valence-electron chi connectivity index (χ1n) is 12.5. The van der Waals surface area contributed by atoms with E-state index in [9.17, 15) is 9.59 Å². The molecule has 0 aromatic heterocycles. The van der Waals surface area contributed by atoms with Crippen LogP contribution in [0.4, 0.5) is 0 Å². The van der Waals surface area contributed by atoms with Gasteiger partial charge in [0.1, 0.15) is 6.04 Å². The number of rotatable bonds is 7. The zero-order valence-electron chi connectivity index (χ0n) is 20.7. The molecule has 4 rings (SSSR count). The van der Waals surface area contributed by atoms with E-state index in [1.807, 2.05) is 26.0 Å². The minimum atomic E-state index is -0.450. The van der Waals surface area contributed by atoms with Crippen molar-refractivity contribution in [3.8, 4) is 0 Å². The van der Waals surface area contributed by atoms with Gasteiger partial charge in [-0.3, -0.25) is 14.5 Å². The third kappa shape index (κ3) is 6.12. The first kappa shape index (κ1) is 24.6. The van der Waals surface area contributed by atoms with E-state index in [1.54, 1.807) is 4.90 Å². The zero-order valence-corrected chi connectivity index (χ0v) is 20.7. The molecule has 6 nitrogen and oxygen atoms in total. The summed E-state index contributed by atoms with van der Waals surface area (Å²) < 4.78 is 0. The second-order valence-corrected chi connectivity index (χ2v) is 10.0. The highest BCUT2D eigenvalue weighted by atomic mass is 16.2. The number of carbonyl (C=O) groups excluding carboxylic acids is 2. The van der Waals surface area contributed by atoms with Crippen molar-refractivity contribution in [2.75, 3.05) is 39.3 Å². The summed E-state index contributed by atoms with van der Waals surface area (Å²) in [6.45, 7) is 11.3. The van der Waals surface area contributed by atoms with Crippen molar-refractivity contribution in [3.63, 3.8) is 0 Å². The van der Waals surface area contributed by atoms with Crippen LogP contribution in [0.3, 0.4) is 0 Å². The number of Topliss-reactive ketones (excluding diaryl/α,β-unsaturated/α-hetero) is 1. The summed E-state index contributed by atoms with van der Waals surface area (Å²) in [5.41, 5.74) is 4.17. The van der Waals surface area contributed by atoms with Crippen LogP contribution < -0.4 is 10.6 Å². The lowest BCUT2D eigenvalue weighted by atomic mass is 9.93. The SMILES string of the molecule is Cc1cc(C)cc(C(=O)C2CNCCN2C(=O)CNC2CCN(Cc3ccccc3)CC2C)c1. The molecule has 182 valence electrons. The molecule has 0 radical (unpaired) electrons. The molecule has 3 unspecified atom stereocenters. The van der Waals surface area contributed by atoms with Crippen molar-refractivity contribution in [3.05, 3.63) is 70.8 Å². The second kappa shape index (κ2) is 11.3. The molecule has 0 spiro atoms. The normalized spacial score (nSPS) is 23.6. The van der Waals surface area contributed by atoms with Gasteiger partial charge in [-0.15, -0.1) is 0 Å². The molecule has 1 amide bonds. The Morgan fingerprint density at radius 2 is 1.79 bits per heavy atom. The van der Waals surface area contributed by atoms with Crippen molar-refractivity contribution in [2.45, 2.75) is 45.8 Å². The molecule has 0 aliphatic carbocycles. The summed E-state index contributed by atoms with van der Waals surface area (Å²) in [5, 5.41) is 6.82. The molecule has 2 saturated heterocycles. The Balaban J connectivity index is 1.32. The number of nitrogens with one attached hydrogen (secondary N) is 2. The van der Waals surface area contributed by atoms with E-state index in [2.05, 4.69) is 58.9 Å². The Bertz CT molecular complexity index is 973. The monoisotopic (exact) mass is 462 g/mol. The number of amides is 1. The standard InChI is InChI=1S/C28H38N4O2/c1-20-13-21(2)15-24(14-20)28(34)26-16-29-10-12-32(26)27(33)17-30-25-9-11-31(18-22(25)3)19-23-7-5-4-6-8-23/h4-8,13-15,22,25-26,29-30H,9-12,16-19H2,1-3H3. The Hall–Kier alpha value is -2.54. The molecule has 2 aliphatic rings. The number of aryl methyl sites for hydroxylation is 2. The molecule has 2 aliphatic heterocycles. The maximum Gasteiger partial charge on any atom is 0.237 e. The highest BCUT2D eigenvalue weighted by molar-refractivity contribution is 6.02. The Morgan fingerprint density at radius 1 is 1.06 bits per heavy atom. The number of piperazine rings is 1. The van der Waals surface area contributed by atoms with Crippen LogP contribution >= 0.6 is 0 Å². The third-order valence-corrected chi connectivity index (χ3v) is 7.13. The van der Waals surface area contributed by atoms with Gasteiger partial charge < -0.3 is 15.5 Å². The van der Waals surface area contributed by atoms with E-state index in [-0.39, 0.29) is 18.2 Å². The highest BCUT2D eigenvalue weighted by Gasteiger charge is 2.33. The molecule has 2 aromatic rings. The van der Waals surface area contributed by atoms with Crippen LogP contribution in [0.2, 0.25) is 0 Å². The number of nitrogens with zero attached hydrogens (tertiary/aromatic N) is 2. The summed E-state index contributed by atoms with van der Waals surface area (Å²) in [6.07, 6.45) is 1.02. The first-order chi connectivity index (χ1) is 16.4. The van der Waals surface area contributed by atoms with E-state index in [1.165, 1.54) is 5.56 Å². The van der Waals surface area contributed by atoms with Gasteiger partial charge in [0.2, 0.25) is 5.91 Å². The molecule has 2 aromatic carbocycles. The van der Waals surface area contributed by atoms with Gasteiger partial charge in [-0.1, -0.05) is 54.4 Å². The molecular weight excluding hydrogens is 424 g/mol. The number of benzene rings is 2. The van der Waals surface area contributed by atoms with Gasteiger partial charge in [0.05, 0.1) is 6.54 Å². The Morgan fingerprint density at radius 3 is 2.50 bits per heavy atom. The van der Waals surface area contributed by atoms with Gasteiger partial charge in [0.25, 0.3) is 0 Å². The lowest BCUT2D eigenvalue weighted by Gasteiger charge is -2.39. The molecular formula is C28H38N4O2. The van der Waals surface area contributed by atoms with E-state index in [0.29, 0.717) is 30.6 Å². The summed E-state index contributed by atoms with van der Waals surface area (Å²) in [6, 6.07) is 16.4. The molecule has 3 atom stereocenters.